The van der Waals surface area contributed by atoms with Crippen LogP contribution in [0.1, 0.15) is 36.8 Å². The van der Waals surface area contributed by atoms with Crippen LogP contribution in [0.5, 0.6) is 0 Å². The van der Waals surface area contributed by atoms with Crippen LogP contribution >= 0.6 is 0 Å². The van der Waals surface area contributed by atoms with Crippen LogP contribution in [0.15, 0.2) is 52.9 Å². The number of benzene rings is 1. The minimum atomic E-state index is -4.45. The lowest BCUT2D eigenvalue weighted by Crippen LogP contribution is -2.35. The fourth-order valence-corrected chi connectivity index (χ4v) is 3.88. The van der Waals surface area contributed by atoms with Gasteiger partial charge in [-0.2, -0.15) is 13.2 Å². The number of alkyl halides is 3. The minimum Gasteiger partial charge on any atom is -0.305 e. The Balaban J connectivity index is 1.72. The van der Waals surface area contributed by atoms with Gasteiger partial charge in [-0.25, -0.2) is 0 Å². The van der Waals surface area contributed by atoms with Gasteiger partial charge >= 0.3 is 6.18 Å². The van der Waals surface area contributed by atoms with Crippen molar-refractivity contribution in [3.63, 3.8) is 0 Å². The molecule has 5 nitrogen and oxygen atoms in total. The third-order valence-corrected chi connectivity index (χ3v) is 5.45. The lowest BCUT2D eigenvalue weighted by Gasteiger charge is -2.23. The molecule has 4 rings (SSSR count). The van der Waals surface area contributed by atoms with E-state index in [1.54, 1.807) is 12.1 Å². The second-order valence-corrected chi connectivity index (χ2v) is 7.98. The van der Waals surface area contributed by atoms with Crippen molar-refractivity contribution in [2.24, 2.45) is 5.92 Å². The van der Waals surface area contributed by atoms with Gasteiger partial charge in [-0.15, -0.1) is 0 Å². The predicted molar refractivity (Wildman–Crippen MR) is 106 cm³/mol. The van der Waals surface area contributed by atoms with Crippen LogP contribution < -0.4 is 15.8 Å². The highest BCUT2D eigenvalue weighted by atomic mass is 19.4. The van der Waals surface area contributed by atoms with E-state index < -0.39 is 17.7 Å². The number of aryl methyl sites for hydroxylation is 2. The summed E-state index contributed by atoms with van der Waals surface area (Å²) in [5.74, 6) is -0.581. The van der Waals surface area contributed by atoms with E-state index in [4.69, 9.17) is 0 Å². The molecule has 0 atom stereocenters. The summed E-state index contributed by atoms with van der Waals surface area (Å²) in [5, 5.41) is 0. The standard InChI is InChI=1S/C22H22F3N3O2/c1-12-7-13(2)9-16(8-12)28-19-10-15(22(23,24)25)5-6-17(19)18(21(28)30)11-26-27-20(29)14-3-4-14/h7-11,14,26H,3-6H2,1-2H3,(H,27,29)/b18-11-. The molecule has 2 amide bonds. The number of nitrogens with zero attached hydrogens (tertiary/aromatic N) is 1. The lowest BCUT2D eigenvalue weighted by molar-refractivity contribution is -0.123. The van der Waals surface area contributed by atoms with E-state index >= 15 is 0 Å². The third kappa shape index (κ3) is 3.86. The van der Waals surface area contributed by atoms with E-state index in [-0.39, 0.29) is 35.9 Å². The van der Waals surface area contributed by atoms with Crippen molar-refractivity contribution in [2.75, 3.05) is 4.90 Å². The molecule has 0 unspecified atom stereocenters. The van der Waals surface area contributed by atoms with Crippen LogP contribution in [-0.2, 0) is 9.59 Å². The molecule has 2 aliphatic carbocycles. The summed E-state index contributed by atoms with van der Waals surface area (Å²) in [6.07, 6.45) is -0.419. The molecular formula is C22H22F3N3O2. The molecule has 3 aliphatic rings. The number of allylic oxidation sites excluding steroid dienone is 2. The number of rotatable bonds is 4. The number of amides is 2. The maximum Gasteiger partial charge on any atom is 0.412 e. The summed E-state index contributed by atoms with van der Waals surface area (Å²) in [7, 11) is 0. The lowest BCUT2D eigenvalue weighted by atomic mass is 9.93. The van der Waals surface area contributed by atoms with Gasteiger partial charge in [-0.3, -0.25) is 19.9 Å². The largest absolute Gasteiger partial charge is 0.412 e. The molecule has 30 heavy (non-hydrogen) atoms. The number of anilines is 1. The van der Waals surface area contributed by atoms with E-state index in [2.05, 4.69) is 10.9 Å². The van der Waals surface area contributed by atoms with Crippen molar-refractivity contribution >= 4 is 17.5 Å². The SMILES string of the molecule is Cc1cc(C)cc(N2C(=O)/C(=C\NNC(=O)C3CC3)C3=C2C=C(C(F)(F)F)CC3)c1. The van der Waals surface area contributed by atoms with Crippen molar-refractivity contribution in [3.05, 3.63) is 64.0 Å². The van der Waals surface area contributed by atoms with Gasteiger partial charge in [0.25, 0.3) is 5.91 Å². The first-order chi connectivity index (χ1) is 14.1. The van der Waals surface area contributed by atoms with E-state index in [9.17, 15) is 22.8 Å². The van der Waals surface area contributed by atoms with Crippen molar-refractivity contribution in [1.82, 2.24) is 10.9 Å². The zero-order valence-electron chi connectivity index (χ0n) is 16.7. The van der Waals surface area contributed by atoms with Gasteiger partial charge in [-0.1, -0.05) is 6.07 Å². The summed E-state index contributed by atoms with van der Waals surface area (Å²) in [6.45, 7) is 3.74. The molecule has 1 saturated carbocycles. The Labute approximate surface area is 172 Å². The van der Waals surface area contributed by atoms with Gasteiger partial charge in [0.15, 0.2) is 0 Å². The molecule has 0 aromatic heterocycles. The average Bonchev–Trinajstić information content (AvgIpc) is 3.45. The Morgan fingerprint density at radius 1 is 1.13 bits per heavy atom. The fraction of sp³-hybridized carbons (Fsp3) is 0.364. The average molecular weight is 417 g/mol. The molecular weight excluding hydrogens is 395 g/mol. The van der Waals surface area contributed by atoms with Gasteiger partial charge in [-0.05, 0) is 74.4 Å². The van der Waals surface area contributed by atoms with E-state index in [1.165, 1.54) is 11.1 Å². The minimum absolute atomic E-state index is 0.0105. The van der Waals surface area contributed by atoms with E-state index in [1.807, 2.05) is 19.9 Å². The highest BCUT2D eigenvalue weighted by Gasteiger charge is 2.42. The summed E-state index contributed by atoms with van der Waals surface area (Å²) in [4.78, 5) is 26.4. The van der Waals surface area contributed by atoms with Crippen LogP contribution in [0.4, 0.5) is 18.9 Å². The highest BCUT2D eigenvalue weighted by Crippen LogP contribution is 2.44. The molecule has 1 heterocycles. The highest BCUT2D eigenvalue weighted by molar-refractivity contribution is 6.15. The first kappa shape index (κ1) is 20.3. The van der Waals surface area contributed by atoms with Crippen LogP contribution in [0.2, 0.25) is 0 Å². The van der Waals surface area contributed by atoms with Crippen LogP contribution in [0.3, 0.4) is 0 Å². The molecule has 2 N–H and O–H groups in total. The number of carbonyl (C=O) groups is 2. The Bertz CT molecular complexity index is 997. The van der Waals surface area contributed by atoms with Crippen molar-refractivity contribution in [2.45, 2.75) is 45.7 Å². The smallest absolute Gasteiger partial charge is 0.305 e. The van der Waals surface area contributed by atoms with Gasteiger partial charge in [0.05, 0.1) is 11.3 Å². The van der Waals surface area contributed by atoms with Gasteiger partial charge < -0.3 is 5.43 Å². The van der Waals surface area contributed by atoms with Crippen molar-refractivity contribution in [3.8, 4) is 0 Å². The second-order valence-electron chi connectivity index (χ2n) is 7.98. The summed E-state index contributed by atoms with van der Waals surface area (Å²) >= 11 is 0. The number of hydrazine groups is 1. The molecule has 1 aliphatic heterocycles. The zero-order valence-corrected chi connectivity index (χ0v) is 16.7. The predicted octanol–water partition coefficient (Wildman–Crippen LogP) is 4.10. The maximum absolute atomic E-state index is 13.4. The van der Waals surface area contributed by atoms with Crippen molar-refractivity contribution in [1.29, 1.82) is 0 Å². The maximum atomic E-state index is 13.4. The number of hydrogen-bond donors (Lipinski definition) is 2. The van der Waals surface area contributed by atoms with Crippen LogP contribution in [0, 0.1) is 19.8 Å². The molecule has 0 bridgehead atoms. The summed E-state index contributed by atoms with van der Waals surface area (Å²) in [6, 6.07) is 5.48. The quantitative estimate of drug-likeness (QED) is 0.573. The van der Waals surface area contributed by atoms with Crippen molar-refractivity contribution < 1.29 is 22.8 Å². The number of nitrogens with one attached hydrogen (secondary N) is 2. The first-order valence-corrected chi connectivity index (χ1v) is 9.85. The fourth-order valence-electron chi connectivity index (χ4n) is 3.88. The van der Waals surface area contributed by atoms with Gasteiger partial charge in [0.2, 0.25) is 5.91 Å². The molecule has 1 aromatic rings. The van der Waals surface area contributed by atoms with Crippen LogP contribution in [-0.4, -0.2) is 18.0 Å². The second kappa shape index (κ2) is 7.34. The molecule has 1 fully saturated rings. The number of hydrogen-bond acceptors (Lipinski definition) is 3. The molecule has 1 aromatic carbocycles. The Kier molecular flexibility index (Phi) is 4.95. The zero-order chi connectivity index (χ0) is 21.6. The molecule has 158 valence electrons. The van der Waals surface area contributed by atoms with Gasteiger partial charge in [0.1, 0.15) is 0 Å². The number of halogens is 3. The van der Waals surface area contributed by atoms with Crippen LogP contribution in [0.25, 0.3) is 0 Å². The third-order valence-electron chi connectivity index (χ3n) is 5.45. The normalized spacial score (nSPS) is 20.4. The Hall–Kier alpha value is -3.03. The summed E-state index contributed by atoms with van der Waals surface area (Å²) < 4.78 is 40.1. The summed E-state index contributed by atoms with van der Waals surface area (Å²) in [5.41, 5.74) is 7.93. The molecule has 0 saturated heterocycles. The number of carbonyl (C=O) groups excluding carboxylic acids is 2. The van der Waals surface area contributed by atoms with Gasteiger partial charge in [0, 0.05) is 23.4 Å². The molecule has 8 heteroatoms. The Morgan fingerprint density at radius 2 is 1.80 bits per heavy atom. The first-order valence-electron chi connectivity index (χ1n) is 9.85. The topological polar surface area (TPSA) is 61.4 Å². The Morgan fingerprint density at radius 3 is 2.40 bits per heavy atom. The van der Waals surface area contributed by atoms with E-state index in [0.29, 0.717) is 11.3 Å². The van der Waals surface area contributed by atoms with E-state index in [0.717, 1.165) is 30.0 Å². The molecule has 0 spiro atoms. The monoisotopic (exact) mass is 417 g/mol. The molecule has 0 radical (unpaired) electrons.